The Kier molecular flexibility index (Phi) is 4.47. The molecule has 1 unspecified atom stereocenters. The quantitative estimate of drug-likeness (QED) is 0.864. The highest BCUT2D eigenvalue weighted by Crippen LogP contribution is 2.37. The fourth-order valence-electron chi connectivity index (χ4n) is 2.90. The molecule has 0 saturated heterocycles. The maximum atomic E-state index is 12.7. The monoisotopic (exact) mass is 325 g/mol. The minimum Gasteiger partial charge on any atom is -0.491 e. The molecule has 1 heterocycles. The molecule has 24 heavy (non-hydrogen) atoms. The van der Waals surface area contributed by atoms with Crippen LogP contribution in [0, 0.1) is 0 Å². The summed E-state index contributed by atoms with van der Waals surface area (Å²) in [4.78, 5) is 12.7. The van der Waals surface area contributed by atoms with Crippen molar-refractivity contribution in [2.45, 2.75) is 38.3 Å². The van der Waals surface area contributed by atoms with Gasteiger partial charge in [-0.05, 0) is 44.5 Å². The van der Waals surface area contributed by atoms with Crippen LogP contribution in [0.4, 0.5) is 5.69 Å². The Bertz CT molecular complexity index is 706. The lowest BCUT2D eigenvalue weighted by molar-refractivity contribution is -0.157. The number of para-hydroxylation sites is 2. The minimum absolute atomic E-state index is 0.155. The van der Waals surface area contributed by atoms with Gasteiger partial charge >= 0.3 is 5.97 Å². The molecule has 2 aromatic carbocycles. The second-order valence-corrected chi connectivity index (χ2v) is 6.97. The average molecular weight is 325 g/mol. The van der Waals surface area contributed by atoms with Crippen molar-refractivity contribution in [1.29, 1.82) is 0 Å². The van der Waals surface area contributed by atoms with Gasteiger partial charge in [0.15, 0.2) is 0 Å². The molecule has 0 aliphatic carbocycles. The minimum atomic E-state index is -0.514. The number of fused-ring (bicyclic) bond motifs is 1. The fourth-order valence-corrected chi connectivity index (χ4v) is 2.90. The van der Waals surface area contributed by atoms with Crippen LogP contribution in [0.2, 0.25) is 0 Å². The zero-order chi connectivity index (χ0) is 17.2. The van der Waals surface area contributed by atoms with Crippen LogP contribution >= 0.6 is 0 Å². The summed E-state index contributed by atoms with van der Waals surface area (Å²) in [7, 11) is 0. The van der Waals surface area contributed by atoms with Gasteiger partial charge in [-0.25, -0.2) is 0 Å². The second-order valence-electron chi connectivity index (χ2n) is 6.97. The molecule has 0 fully saturated rings. The van der Waals surface area contributed by atoms with Crippen LogP contribution in [0.1, 0.15) is 32.3 Å². The summed E-state index contributed by atoms with van der Waals surface area (Å²) < 4.78 is 11.5. The van der Waals surface area contributed by atoms with Crippen LogP contribution in [0.3, 0.4) is 0 Å². The Morgan fingerprint density at radius 3 is 2.42 bits per heavy atom. The third-order valence-electron chi connectivity index (χ3n) is 3.87. The van der Waals surface area contributed by atoms with Crippen LogP contribution in [-0.4, -0.2) is 24.2 Å². The fraction of sp³-hybridized carbons (Fsp3) is 0.350. The van der Waals surface area contributed by atoms with E-state index in [4.69, 9.17) is 9.47 Å². The third kappa shape index (κ3) is 3.70. The van der Waals surface area contributed by atoms with Crippen molar-refractivity contribution >= 4 is 11.7 Å². The first-order valence-corrected chi connectivity index (χ1v) is 8.20. The Labute approximate surface area is 142 Å². The Morgan fingerprint density at radius 2 is 1.71 bits per heavy atom. The van der Waals surface area contributed by atoms with E-state index in [0.29, 0.717) is 6.61 Å². The maximum Gasteiger partial charge on any atom is 0.316 e. The number of nitrogens with one attached hydrogen (secondary N) is 1. The van der Waals surface area contributed by atoms with E-state index >= 15 is 0 Å². The summed E-state index contributed by atoms with van der Waals surface area (Å²) in [6.45, 7) is 6.04. The van der Waals surface area contributed by atoms with Crippen molar-refractivity contribution in [3.63, 3.8) is 0 Å². The predicted molar refractivity (Wildman–Crippen MR) is 94.4 cm³/mol. The molecule has 0 spiro atoms. The normalized spacial score (nSPS) is 19.3. The van der Waals surface area contributed by atoms with E-state index in [9.17, 15) is 4.79 Å². The van der Waals surface area contributed by atoms with Crippen LogP contribution in [0.5, 0.6) is 5.75 Å². The first-order chi connectivity index (χ1) is 11.4. The van der Waals surface area contributed by atoms with Crippen LogP contribution in [-0.2, 0) is 9.53 Å². The molecule has 0 saturated carbocycles. The second kappa shape index (κ2) is 6.56. The molecule has 1 aliphatic rings. The van der Waals surface area contributed by atoms with Crippen molar-refractivity contribution in [2.75, 3.05) is 11.9 Å². The highest BCUT2D eigenvalue weighted by Gasteiger charge is 2.40. The number of ether oxygens (including phenoxy) is 2. The molecular weight excluding hydrogens is 302 g/mol. The molecule has 0 amide bonds. The molecule has 2 atom stereocenters. The van der Waals surface area contributed by atoms with Crippen LogP contribution in [0.25, 0.3) is 0 Å². The molecule has 1 aliphatic heterocycles. The number of esters is 1. The van der Waals surface area contributed by atoms with Gasteiger partial charge in [0.25, 0.3) is 0 Å². The van der Waals surface area contributed by atoms with Gasteiger partial charge in [-0.3, -0.25) is 4.79 Å². The van der Waals surface area contributed by atoms with Crippen molar-refractivity contribution in [2.24, 2.45) is 0 Å². The van der Waals surface area contributed by atoms with E-state index in [1.807, 2.05) is 75.4 Å². The summed E-state index contributed by atoms with van der Waals surface area (Å²) >= 11 is 0. The lowest BCUT2D eigenvalue weighted by Crippen LogP contribution is -2.36. The maximum absolute atomic E-state index is 12.7. The molecule has 1 N–H and O–H groups in total. The smallest absolute Gasteiger partial charge is 0.316 e. The van der Waals surface area contributed by atoms with E-state index in [-0.39, 0.29) is 17.9 Å². The number of benzene rings is 2. The predicted octanol–water partition coefficient (Wildman–Crippen LogP) is 3.99. The van der Waals surface area contributed by atoms with Gasteiger partial charge in [0.05, 0.1) is 6.04 Å². The number of carbonyl (C=O) groups excluding carboxylic acids is 1. The Hall–Kier alpha value is -2.49. The average Bonchev–Trinajstić information content (AvgIpc) is 2.91. The van der Waals surface area contributed by atoms with Gasteiger partial charge in [-0.2, -0.15) is 0 Å². The van der Waals surface area contributed by atoms with E-state index in [1.165, 1.54) is 0 Å². The lowest BCUT2D eigenvalue weighted by atomic mass is 9.95. The van der Waals surface area contributed by atoms with E-state index in [0.717, 1.165) is 17.0 Å². The zero-order valence-corrected chi connectivity index (χ0v) is 14.3. The van der Waals surface area contributed by atoms with Gasteiger partial charge in [-0.15, -0.1) is 0 Å². The third-order valence-corrected chi connectivity index (χ3v) is 3.87. The van der Waals surface area contributed by atoms with E-state index in [1.54, 1.807) is 0 Å². The highest BCUT2D eigenvalue weighted by atomic mass is 16.6. The van der Waals surface area contributed by atoms with Gasteiger partial charge < -0.3 is 14.8 Å². The molecule has 0 aromatic heterocycles. The van der Waals surface area contributed by atoms with E-state index < -0.39 is 5.60 Å². The number of carbonyl (C=O) groups is 1. The lowest BCUT2D eigenvalue weighted by Gasteiger charge is -2.25. The number of hydrogen-bond donors (Lipinski definition) is 1. The molecule has 126 valence electrons. The van der Waals surface area contributed by atoms with Gasteiger partial charge in [0.2, 0.25) is 0 Å². The molecule has 3 rings (SSSR count). The summed E-state index contributed by atoms with van der Waals surface area (Å²) in [6, 6.07) is 17.3. The summed E-state index contributed by atoms with van der Waals surface area (Å²) in [5.41, 5.74) is 1.42. The molecule has 4 heteroatoms. The van der Waals surface area contributed by atoms with E-state index in [2.05, 4.69) is 5.32 Å². The first kappa shape index (κ1) is 16.4. The standard InChI is InChI=1S/C20H23NO3/c1-20(2,3)24-19(22)18-15-11-7-8-12-16(15)21-17(18)13-23-14-9-5-4-6-10-14/h4-12,17-18,21H,13H2,1-3H3/t17-,18?/m1/s1. The summed E-state index contributed by atoms with van der Waals surface area (Å²) in [5, 5.41) is 3.40. The SMILES string of the molecule is CC(C)(C)OC(=O)C1c2ccccc2N[C@@H]1COc1ccccc1. The van der Waals surface area contributed by atoms with Crippen molar-refractivity contribution in [3.8, 4) is 5.75 Å². The topological polar surface area (TPSA) is 47.6 Å². The van der Waals surface area contributed by atoms with Crippen molar-refractivity contribution in [3.05, 3.63) is 60.2 Å². The van der Waals surface area contributed by atoms with Gasteiger partial charge in [0.1, 0.15) is 23.9 Å². The Balaban J connectivity index is 1.78. The van der Waals surface area contributed by atoms with Crippen LogP contribution < -0.4 is 10.1 Å². The van der Waals surface area contributed by atoms with Gasteiger partial charge in [-0.1, -0.05) is 36.4 Å². The number of rotatable bonds is 4. The molecular formula is C20H23NO3. The number of hydrogen-bond acceptors (Lipinski definition) is 4. The molecule has 0 radical (unpaired) electrons. The summed E-state index contributed by atoms with van der Waals surface area (Å²) in [5.74, 6) is 0.198. The van der Waals surface area contributed by atoms with Crippen molar-refractivity contribution in [1.82, 2.24) is 0 Å². The Morgan fingerprint density at radius 1 is 1.04 bits per heavy atom. The van der Waals surface area contributed by atoms with Crippen LogP contribution in [0.15, 0.2) is 54.6 Å². The highest BCUT2D eigenvalue weighted by molar-refractivity contribution is 5.85. The summed E-state index contributed by atoms with van der Waals surface area (Å²) in [6.07, 6.45) is 0. The van der Waals surface area contributed by atoms with Crippen molar-refractivity contribution < 1.29 is 14.3 Å². The van der Waals surface area contributed by atoms with Gasteiger partial charge in [0, 0.05) is 5.69 Å². The number of anilines is 1. The molecule has 4 nitrogen and oxygen atoms in total. The largest absolute Gasteiger partial charge is 0.491 e. The molecule has 2 aromatic rings. The first-order valence-electron chi connectivity index (χ1n) is 8.20. The zero-order valence-electron chi connectivity index (χ0n) is 14.3. The molecule has 0 bridgehead atoms.